The number of rotatable bonds is 3. The van der Waals surface area contributed by atoms with E-state index in [-0.39, 0.29) is 0 Å². The Morgan fingerprint density at radius 1 is 1.12 bits per heavy atom. The van der Waals surface area contributed by atoms with Crippen LogP contribution in [0.25, 0.3) is 33.3 Å². The van der Waals surface area contributed by atoms with Crippen molar-refractivity contribution in [3.05, 3.63) is 53.4 Å². The third-order valence-corrected chi connectivity index (χ3v) is 5.20. The Balaban J connectivity index is 1.82. The van der Waals surface area contributed by atoms with Crippen molar-refractivity contribution in [1.29, 1.82) is 0 Å². The molecule has 1 aliphatic rings. The Morgan fingerprint density at radius 2 is 1.96 bits per heavy atom. The van der Waals surface area contributed by atoms with Crippen molar-refractivity contribution in [2.75, 3.05) is 0 Å². The van der Waals surface area contributed by atoms with E-state index < -0.39 is 0 Å². The van der Waals surface area contributed by atoms with Crippen molar-refractivity contribution in [3.8, 4) is 22.3 Å². The SMILES string of the molecule is Cc1cnccc1-c1cc(-c2c(C)noc2C)cc2[nH]c(C3CC3)nc12. The minimum absolute atomic E-state index is 0.580. The molecule has 26 heavy (non-hydrogen) atoms. The number of benzene rings is 1. The summed E-state index contributed by atoms with van der Waals surface area (Å²) in [7, 11) is 0. The zero-order valence-electron chi connectivity index (χ0n) is 15.1. The molecule has 3 aromatic heterocycles. The molecule has 4 aromatic rings. The highest BCUT2D eigenvalue weighted by Crippen LogP contribution is 2.42. The first-order valence-corrected chi connectivity index (χ1v) is 8.99. The van der Waals surface area contributed by atoms with Crippen LogP contribution in [0.4, 0.5) is 0 Å². The van der Waals surface area contributed by atoms with Crippen LogP contribution in [0.3, 0.4) is 0 Å². The molecule has 130 valence electrons. The molecule has 5 rings (SSSR count). The van der Waals surface area contributed by atoms with Gasteiger partial charge in [-0.3, -0.25) is 4.98 Å². The number of aromatic amines is 1. The summed E-state index contributed by atoms with van der Waals surface area (Å²) in [6.07, 6.45) is 6.18. The topological polar surface area (TPSA) is 67.6 Å². The standard InChI is InChI=1S/C21H20N4O/c1-11-10-22-7-6-16(11)17-8-15(19-12(2)25-26-13(19)3)9-18-20(17)24-21(23-18)14-4-5-14/h6-10,14H,4-5H2,1-3H3,(H,23,24). The average molecular weight is 344 g/mol. The van der Waals surface area contributed by atoms with Crippen LogP contribution in [0, 0.1) is 20.8 Å². The number of nitrogens with zero attached hydrogens (tertiary/aromatic N) is 3. The largest absolute Gasteiger partial charge is 0.361 e. The highest BCUT2D eigenvalue weighted by Gasteiger charge is 2.28. The van der Waals surface area contributed by atoms with Crippen LogP contribution >= 0.6 is 0 Å². The van der Waals surface area contributed by atoms with Gasteiger partial charge in [0.05, 0.1) is 16.7 Å². The highest BCUT2D eigenvalue weighted by atomic mass is 16.5. The van der Waals surface area contributed by atoms with Gasteiger partial charge in [0, 0.05) is 29.4 Å². The van der Waals surface area contributed by atoms with Crippen LogP contribution in [-0.4, -0.2) is 20.1 Å². The Labute approximate surface area is 151 Å². The molecule has 1 saturated carbocycles. The van der Waals surface area contributed by atoms with E-state index in [1.165, 1.54) is 12.8 Å². The molecular formula is C21H20N4O. The average Bonchev–Trinajstić information content (AvgIpc) is 3.30. The Morgan fingerprint density at radius 3 is 2.65 bits per heavy atom. The first-order valence-electron chi connectivity index (χ1n) is 8.99. The van der Waals surface area contributed by atoms with E-state index in [4.69, 9.17) is 9.51 Å². The minimum Gasteiger partial charge on any atom is -0.361 e. The predicted octanol–water partition coefficient (Wildman–Crippen LogP) is 5.08. The molecule has 1 aromatic carbocycles. The van der Waals surface area contributed by atoms with E-state index in [9.17, 15) is 0 Å². The van der Waals surface area contributed by atoms with Crippen molar-refractivity contribution in [1.82, 2.24) is 20.1 Å². The van der Waals surface area contributed by atoms with Crippen LogP contribution in [0.2, 0.25) is 0 Å². The Kier molecular flexibility index (Phi) is 3.26. The quantitative estimate of drug-likeness (QED) is 0.562. The summed E-state index contributed by atoms with van der Waals surface area (Å²) >= 11 is 0. The van der Waals surface area contributed by atoms with Crippen LogP contribution in [0.15, 0.2) is 35.1 Å². The number of fused-ring (bicyclic) bond motifs is 1. The number of aromatic nitrogens is 4. The molecule has 0 atom stereocenters. The van der Waals surface area contributed by atoms with Crippen LogP contribution < -0.4 is 0 Å². The molecule has 1 fully saturated rings. The van der Waals surface area contributed by atoms with Gasteiger partial charge in [-0.15, -0.1) is 0 Å². The maximum absolute atomic E-state index is 5.40. The van der Waals surface area contributed by atoms with E-state index in [2.05, 4.69) is 40.2 Å². The maximum atomic E-state index is 5.40. The number of nitrogens with one attached hydrogen (secondary N) is 1. The number of aryl methyl sites for hydroxylation is 3. The summed E-state index contributed by atoms with van der Waals surface area (Å²) < 4.78 is 5.40. The van der Waals surface area contributed by atoms with Gasteiger partial charge in [0.25, 0.3) is 0 Å². The molecule has 0 aliphatic heterocycles. The first-order chi connectivity index (χ1) is 12.6. The third-order valence-electron chi connectivity index (χ3n) is 5.20. The van der Waals surface area contributed by atoms with Crippen molar-refractivity contribution in [2.45, 2.75) is 39.5 Å². The summed E-state index contributed by atoms with van der Waals surface area (Å²) in [5.74, 6) is 2.52. The molecule has 0 amide bonds. The van der Waals surface area contributed by atoms with Gasteiger partial charge in [0.1, 0.15) is 11.6 Å². The number of hydrogen-bond donors (Lipinski definition) is 1. The van der Waals surface area contributed by atoms with Gasteiger partial charge >= 0.3 is 0 Å². The van der Waals surface area contributed by atoms with Gasteiger partial charge in [0.15, 0.2) is 0 Å². The second-order valence-electron chi connectivity index (χ2n) is 7.21. The van der Waals surface area contributed by atoms with Gasteiger partial charge in [-0.1, -0.05) is 5.16 Å². The summed E-state index contributed by atoms with van der Waals surface area (Å²) in [6.45, 7) is 6.03. The molecule has 0 unspecified atom stereocenters. The zero-order chi connectivity index (χ0) is 17.8. The van der Waals surface area contributed by atoms with E-state index in [1.807, 2.05) is 26.2 Å². The van der Waals surface area contributed by atoms with Crippen molar-refractivity contribution in [2.24, 2.45) is 0 Å². The lowest BCUT2D eigenvalue weighted by atomic mass is 9.95. The van der Waals surface area contributed by atoms with Gasteiger partial charge in [-0.25, -0.2) is 4.98 Å². The molecule has 0 saturated heterocycles. The van der Waals surface area contributed by atoms with Gasteiger partial charge < -0.3 is 9.51 Å². The minimum atomic E-state index is 0.580. The highest BCUT2D eigenvalue weighted by molar-refractivity contribution is 5.97. The van der Waals surface area contributed by atoms with E-state index in [0.717, 1.165) is 56.1 Å². The van der Waals surface area contributed by atoms with Crippen LogP contribution in [-0.2, 0) is 0 Å². The zero-order valence-corrected chi connectivity index (χ0v) is 15.1. The normalized spacial score (nSPS) is 14.3. The maximum Gasteiger partial charge on any atom is 0.141 e. The van der Waals surface area contributed by atoms with Gasteiger partial charge in [0.2, 0.25) is 0 Å². The monoisotopic (exact) mass is 344 g/mol. The second kappa shape index (κ2) is 5.53. The molecule has 0 spiro atoms. The second-order valence-corrected chi connectivity index (χ2v) is 7.21. The molecule has 5 heteroatoms. The fraction of sp³-hybridized carbons (Fsp3) is 0.286. The molecule has 5 nitrogen and oxygen atoms in total. The lowest BCUT2D eigenvalue weighted by Crippen LogP contribution is -1.90. The predicted molar refractivity (Wildman–Crippen MR) is 101 cm³/mol. The van der Waals surface area contributed by atoms with Crippen LogP contribution in [0.1, 0.15) is 41.6 Å². The molecule has 1 aliphatic carbocycles. The molecule has 3 heterocycles. The lowest BCUT2D eigenvalue weighted by molar-refractivity contribution is 0.393. The number of imidazole rings is 1. The molecule has 0 bridgehead atoms. The fourth-order valence-electron chi connectivity index (χ4n) is 3.71. The number of pyridine rings is 1. The summed E-state index contributed by atoms with van der Waals surface area (Å²) in [5.41, 5.74) is 8.58. The number of H-pyrrole nitrogens is 1. The van der Waals surface area contributed by atoms with Crippen molar-refractivity contribution in [3.63, 3.8) is 0 Å². The summed E-state index contributed by atoms with van der Waals surface area (Å²) in [4.78, 5) is 12.7. The Hall–Kier alpha value is -2.95. The smallest absolute Gasteiger partial charge is 0.141 e. The summed E-state index contributed by atoms with van der Waals surface area (Å²) in [6, 6.07) is 6.43. The van der Waals surface area contributed by atoms with Crippen molar-refractivity contribution >= 4 is 11.0 Å². The van der Waals surface area contributed by atoms with Crippen molar-refractivity contribution < 1.29 is 4.52 Å². The Bertz CT molecular complexity index is 1110. The van der Waals surface area contributed by atoms with E-state index >= 15 is 0 Å². The van der Waals surface area contributed by atoms with Gasteiger partial charge in [-0.2, -0.15) is 0 Å². The first kappa shape index (κ1) is 15.3. The molecule has 1 N–H and O–H groups in total. The van der Waals surface area contributed by atoms with E-state index in [0.29, 0.717) is 5.92 Å². The fourth-order valence-corrected chi connectivity index (χ4v) is 3.71. The molecule has 0 radical (unpaired) electrons. The third kappa shape index (κ3) is 2.35. The van der Waals surface area contributed by atoms with Crippen LogP contribution in [0.5, 0.6) is 0 Å². The lowest BCUT2D eigenvalue weighted by Gasteiger charge is -2.09. The van der Waals surface area contributed by atoms with E-state index in [1.54, 1.807) is 0 Å². The summed E-state index contributed by atoms with van der Waals surface area (Å²) in [5, 5.41) is 4.13. The number of hydrogen-bond acceptors (Lipinski definition) is 4. The van der Waals surface area contributed by atoms with Gasteiger partial charge in [-0.05, 0) is 68.5 Å². The molecular weight excluding hydrogens is 324 g/mol.